The van der Waals surface area contributed by atoms with E-state index in [0.717, 1.165) is 11.1 Å². The zero-order chi connectivity index (χ0) is 19.9. The van der Waals surface area contributed by atoms with Gasteiger partial charge in [0, 0.05) is 0 Å². The van der Waals surface area contributed by atoms with Gasteiger partial charge >= 0.3 is 0 Å². The molecule has 2 N–H and O–H groups in total. The number of aromatic hydroxyl groups is 2. The van der Waals surface area contributed by atoms with Crippen LogP contribution in [0.1, 0.15) is 22.5 Å². The fourth-order valence-electron chi connectivity index (χ4n) is 2.50. The molecule has 0 atom stereocenters. The maximum atomic E-state index is 9.81. The first-order valence-corrected chi connectivity index (χ1v) is 8.51. The number of phenols is 2. The van der Waals surface area contributed by atoms with Crippen LogP contribution in [0.25, 0.3) is 24.3 Å². The van der Waals surface area contributed by atoms with E-state index >= 15 is 0 Å². The average molecular weight is 376 g/mol. The number of benzene rings is 2. The Bertz CT molecular complexity index is 929. The lowest BCUT2D eigenvalue weighted by molar-refractivity contribution is 0.373. The lowest BCUT2D eigenvalue weighted by Gasteiger charge is -2.03. The molecular weight excluding hydrogens is 356 g/mol. The number of hydrogen-bond donors (Lipinski definition) is 2. The van der Waals surface area contributed by atoms with Crippen LogP contribution in [0.4, 0.5) is 0 Å². The normalized spacial score (nSPS) is 11.2. The third kappa shape index (κ3) is 4.67. The standard InChI is InChI=1S/C22H20N2O4/c1-27-21-9-5-15(11-19(21)25)3-7-17-13-24-18(14-23-17)8-4-16-6-10-22(28-2)20(26)12-16/h3-14,25-26H,1-2H3/b7-3+,8-4+. The molecule has 6 heteroatoms. The maximum Gasteiger partial charge on any atom is 0.160 e. The van der Waals surface area contributed by atoms with Crippen LogP contribution in [0.15, 0.2) is 48.8 Å². The van der Waals surface area contributed by atoms with E-state index < -0.39 is 0 Å². The quantitative estimate of drug-likeness (QED) is 0.669. The summed E-state index contributed by atoms with van der Waals surface area (Å²) in [5.74, 6) is 1.03. The van der Waals surface area contributed by atoms with Gasteiger partial charge in [-0.15, -0.1) is 0 Å². The SMILES string of the molecule is COc1ccc(/C=C/c2cnc(/C=C/c3ccc(OC)c(O)c3)cn2)cc1O. The highest BCUT2D eigenvalue weighted by molar-refractivity contribution is 5.71. The molecule has 0 amide bonds. The highest BCUT2D eigenvalue weighted by Crippen LogP contribution is 2.27. The van der Waals surface area contributed by atoms with Crippen LogP contribution < -0.4 is 9.47 Å². The van der Waals surface area contributed by atoms with Crippen LogP contribution in [0.3, 0.4) is 0 Å². The lowest BCUT2D eigenvalue weighted by atomic mass is 10.1. The molecule has 0 saturated carbocycles. The molecular formula is C22H20N2O4. The summed E-state index contributed by atoms with van der Waals surface area (Å²) in [6.45, 7) is 0. The summed E-state index contributed by atoms with van der Waals surface area (Å²) < 4.78 is 10.1. The van der Waals surface area contributed by atoms with E-state index in [1.54, 1.807) is 36.7 Å². The third-order valence-corrected chi connectivity index (χ3v) is 3.99. The van der Waals surface area contributed by atoms with E-state index in [4.69, 9.17) is 9.47 Å². The molecule has 6 nitrogen and oxygen atoms in total. The predicted molar refractivity (Wildman–Crippen MR) is 109 cm³/mol. The van der Waals surface area contributed by atoms with Gasteiger partial charge in [0.2, 0.25) is 0 Å². The molecule has 1 heterocycles. The second kappa shape index (κ2) is 8.73. The molecule has 0 fully saturated rings. The summed E-state index contributed by atoms with van der Waals surface area (Å²) in [4.78, 5) is 8.70. The molecule has 2 aromatic carbocycles. The van der Waals surface area contributed by atoms with E-state index in [9.17, 15) is 10.2 Å². The molecule has 0 bridgehead atoms. The molecule has 0 aliphatic rings. The topological polar surface area (TPSA) is 84.7 Å². The zero-order valence-electron chi connectivity index (χ0n) is 15.5. The number of rotatable bonds is 6. The van der Waals surface area contributed by atoms with Crippen molar-refractivity contribution in [3.63, 3.8) is 0 Å². The van der Waals surface area contributed by atoms with Crippen LogP contribution in [0, 0.1) is 0 Å². The Morgan fingerprint density at radius 3 is 1.43 bits per heavy atom. The molecule has 142 valence electrons. The minimum atomic E-state index is 0.0841. The third-order valence-electron chi connectivity index (χ3n) is 3.99. The maximum absolute atomic E-state index is 9.81. The van der Waals surface area contributed by atoms with Gasteiger partial charge in [0.05, 0.1) is 38.0 Å². The molecule has 3 aromatic rings. The van der Waals surface area contributed by atoms with Gasteiger partial charge in [-0.1, -0.05) is 24.3 Å². The number of aromatic nitrogens is 2. The molecule has 28 heavy (non-hydrogen) atoms. The summed E-state index contributed by atoms with van der Waals surface area (Å²) in [6, 6.07) is 10.3. The average Bonchev–Trinajstić information content (AvgIpc) is 2.71. The van der Waals surface area contributed by atoms with Crippen molar-refractivity contribution in [1.29, 1.82) is 0 Å². The molecule has 1 aromatic heterocycles. The van der Waals surface area contributed by atoms with Crippen LogP contribution >= 0.6 is 0 Å². The van der Waals surface area contributed by atoms with Crippen molar-refractivity contribution in [1.82, 2.24) is 9.97 Å². The molecule has 0 spiro atoms. The number of methoxy groups -OCH3 is 2. The summed E-state index contributed by atoms with van der Waals surface area (Å²) in [5, 5.41) is 19.6. The molecule has 0 unspecified atom stereocenters. The van der Waals surface area contributed by atoms with Crippen LogP contribution in [-0.4, -0.2) is 34.4 Å². The van der Waals surface area contributed by atoms with Crippen LogP contribution in [0.2, 0.25) is 0 Å². The van der Waals surface area contributed by atoms with Crippen LogP contribution in [-0.2, 0) is 0 Å². The van der Waals surface area contributed by atoms with Crippen molar-refractivity contribution >= 4 is 24.3 Å². The van der Waals surface area contributed by atoms with Gasteiger partial charge in [0.1, 0.15) is 0 Å². The van der Waals surface area contributed by atoms with Gasteiger partial charge in [0.15, 0.2) is 23.0 Å². The summed E-state index contributed by atoms with van der Waals surface area (Å²) in [7, 11) is 3.01. The smallest absolute Gasteiger partial charge is 0.160 e. The zero-order valence-corrected chi connectivity index (χ0v) is 15.5. The van der Waals surface area contributed by atoms with E-state index in [2.05, 4.69) is 9.97 Å². The Morgan fingerprint density at radius 2 is 1.11 bits per heavy atom. The molecule has 3 rings (SSSR count). The summed E-state index contributed by atoms with van der Waals surface area (Å²) in [5.41, 5.74) is 3.02. The molecule has 0 aliphatic heterocycles. The van der Waals surface area contributed by atoms with Crippen molar-refractivity contribution in [2.45, 2.75) is 0 Å². The minimum absolute atomic E-state index is 0.0841. The van der Waals surface area contributed by atoms with E-state index in [1.165, 1.54) is 14.2 Å². The summed E-state index contributed by atoms with van der Waals surface area (Å²) in [6.07, 6.45) is 10.6. The van der Waals surface area contributed by atoms with Crippen molar-refractivity contribution < 1.29 is 19.7 Å². The number of nitrogens with zero attached hydrogens (tertiary/aromatic N) is 2. The minimum Gasteiger partial charge on any atom is -0.504 e. The van der Waals surface area contributed by atoms with Gasteiger partial charge < -0.3 is 19.7 Å². The summed E-state index contributed by atoms with van der Waals surface area (Å²) >= 11 is 0. The monoisotopic (exact) mass is 376 g/mol. The molecule has 0 aliphatic carbocycles. The van der Waals surface area contributed by atoms with Crippen LogP contribution in [0.5, 0.6) is 23.0 Å². The predicted octanol–water partition coefficient (Wildman–Crippen LogP) is 4.25. The number of ether oxygens (including phenoxy) is 2. The Labute approximate surface area is 163 Å². The van der Waals surface area contributed by atoms with Crippen molar-refractivity contribution in [3.8, 4) is 23.0 Å². The first-order chi connectivity index (χ1) is 13.6. The van der Waals surface area contributed by atoms with Gasteiger partial charge in [-0.2, -0.15) is 0 Å². The first-order valence-electron chi connectivity index (χ1n) is 8.51. The van der Waals surface area contributed by atoms with E-state index in [-0.39, 0.29) is 11.5 Å². The highest BCUT2D eigenvalue weighted by atomic mass is 16.5. The highest BCUT2D eigenvalue weighted by Gasteiger charge is 2.01. The van der Waals surface area contributed by atoms with E-state index in [1.807, 2.05) is 36.4 Å². The number of phenolic OH excluding ortho intramolecular Hbond substituents is 2. The van der Waals surface area contributed by atoms with E-state index in [0.29, 0.717) is 22.9 Å². The molecule has 0 saturated heterocycles. The Kier molecular flexibility index (Phi) is 5.91. The largest absolute Gasteiger partial charge is 0.504 e. The molecule has 0 radical (unpaired) electrons. The Balaban J connectivity index is 1.67. The Hall–Kier alpha value is -3.80. The lowest BCUT2D eigenvalue weighted by Crippen LogP contribution is -1.87. The number of hydrogen-bond acceptors (Lipinski definition) is 6. The second-order valence-corrected chi connectivity index (χ2v) is 5.90. The van der Waals surface area contributed by atoms with Crippen molar-refractivity contribution in [3.05, 3.63) is 71.3 Å². The van der Waals surface area contributed by atoms with Gasteiger partial charge in [-0.3, -0.25) is 9.97 Å². The van der Waals surface area contributed by atoms with Crippen molar-refractivity contribution in [2.75, 3.05) is 14.2 Å². The van der Waals surface area contributed by atoms with Gasteiger partial charge in [0.25, 0.3) is 0 Å². The second-order valence-electron chi connectivity index (χ2n) is 5.90. The fraction of sp³-hybridized carbons (Fsp3) is 0.0909. The first kappa shape index (κ1) is 19.0. The van der Waals surface area contributed by atoms with Gasteiger partial charge in [-0.25, -0.2) is 0 Å². The fourth-order valence-corrected chi connectivity index (χ4v) is 2.50. The van der Waals surface area contributed by atoms with Crippen molar-refractivity contribution in [2.24, 2.45) is 0 Å². The van der Waals surface area contributed by atoms with Gasteiger partial charge in [-0.05, 0) is 47.5 Å². The Morgan fingerprint density at radius 1 is 0.679 bits per heavy atom.